The van der Waals surface area contributed by atoms with Crippen LogP contribution in [-0.2, 0) is 24.2 Å². The second kappa shape index (κ2) is 11.5. The van der Waals surface area contributed by atoms with Crippen molar-refractivity contribution in [2.75, 3.05) is 5.32 Å². The van der Waals surface area contributed by atoms with Crippen LogP contribution in [-0.4, -0.2) is 5.91 Å². The first-order chi connectivity index (χ1) is 16.9. The van der Waals surface area contributed by atoms with Crippen LogP contribution in [0.15, 0.2) is 42.0 Å². The largest absolute Gasteiger partial charge is 0.488 e. The fourth-order valence-electron chi connectivity index (χ4n) is 3.78. The topological polar surface area (TPSA) is 85.9 Å². The van der Waals surface area contributed by atoms with Gasteiger partial charge in [0.2, 0.25) is 0 Å². The van der Waals surface area contributed by atoms with Gasteiger partial charge in [-0.2, -0.15) is 10.5 Å². The Kier molecular flexibility index (Phi) is 8.35. The summed E-state index contributed by atoms with van der Waals surface area (Å²) in [7, 11) is 0. The fourth-order valence-corrected chi connectivity index (χ4v) is 6.17. The van der Waals surface area contributed by atoms with E-state index in [0.29, 0.717) is 31.9 Å². The number of nitrogens with one attached hydrogen (secondary N) is 1. The predicted molar refractivity (Wildman–Crippen MR) is 148 cm³/mol. The summed E-state index contributed by atoms with van der Waals surface area (Å²) in [5, 5.41) is 23.6. The van der Waals surface area contributed by atoms with Gasteiger partial charge in [-0.3, -0.25) is 4.79 Å². The molecule has 0 atom stereocenters. The summed E-state index contributed by atoms with van der Waals surface area (Å²) in [6.45, 7) is 0.277. The zero-order chi connectivity index (χ0) is 24.9. The number of amides is 1. The van der Waals surface area contributed by atoms with Gasteiger partial charge in [-0.05, 0) is 89.7 Å². The van der Waals surface area contributed by atoms with Crippen LogP contribution in [0.4, 0.5) is 5.00 Å². The van der Waals surface area contributed by atoms with E-state index in [-0.39, 0.29) is 12.2 Å². The number of nitrogens with zero attached hydrogens (tertiary/aromatic N) is 2. The van der Waals surface area contributed by atoms with E-state index >= 15 is 0 Å². The summed E-state index contributed by atoms with van der Waals surface area (Å²) in [5.74, 6) is 0.120. The lowest BCUT2D eigenvalue weighted by molar-refractivity contribution is -0.112. The van der Waals surface area contributed by atoms with Crippen molar-refractivity contribution in [3.05, 3.63) is 82.7 Å². The maximum Gasteiger partial charge on any atom is 0.266 e. The van der Waals surface area contributed by atoms with Crippen molar-refractivity contribution in [3.63, 3.8) is 0 Å². The predicted octanol–water partition coefficient (Wildman–Crippen LogP) is 7.53. The highest BCUT2D eigenvalue weighted by atomic mass is 127. The Labute approximate surface area is 231 Å². The molecule has 3 aromatic rings. The number of thiophene rings is 1. The maximum atomic E-state index is 12.8. The number of ether oxygens (including phenoxy) is 1. The second-order valence-corrected chi connectivity index (χ2v) is 11.0. The zero-order valence-electron chi connectivity index (χ0n) is 18.3. The van der Waals surface area contributed by atoms with E-state index in [2.05, 4.69) is 34.0 Å². The van der Waals surface area contributed by atoms with E-state index in [4.69, 9.17) is 27.9 Å². The summed E-state index contributed by atoms with van der Waals surface area (Å²) in [4.78, 5) is 14.0. The molecule has 0 radical (unpaired) electrons. The van der Waals surface area contributed by atoms with Gasteiger partial charge in [0.25, 0.3) is 5.91 Å². The molecule has 0 aliphatic heterocycles. The van der Waals surface area contributed by atoms with E-state index in [1.165, 1.54) is 17.4 Å². The molecule has 5 nitrogen and oxygen atoms in total. The summed E-state index contributed by atoms with van der Waals surface area (Å²) in [6.07, 6.45) is 5.42. The number of fused-ring (bicyclic) bond motifs is 1. The lowest BCUT2D eigenvalue weighted by Gasteiger charge is -2.10. The highest BCUT2D eigenvalue weighted by molar-refractivity contribution is 14.1. The molecule has 0 unspecified atom stereocenters. The average Bonchev–Trinajstić information content (AvgIpc) is 3.19. The average molecular weight is 634 g/mol. The Morgan fingerprint density at radius 1 is 1.17 bits per heavy atom. The zero-order valence-corrected chi connectivity index (χ0v) is 22.8. The summed E-state index contributed by atoms with van der Waals surface area (Å²) in [6, 6.07) is 14.8. The molecular formula is C26H18Cl2IN3O2S. The molecule has 9 heteroatoms. The van der Waals surface area contributed by atoms with Gasteiger partial charge in [0.1, 0.15) is 35.1 Å². The number of carbonyl (C=O) groups is 1. The van der Waals surface area contributed by atoms with Crippen molar-refractivity contribution < 1.29 is 9.53 Å². The third-order valence-corrected chi connectivity index (χ3v) is 8.18. The maximum absolute atomic E-state index is 12.8. The lowest BCUT2D eigenvalue weighted by atomic mass is 9.96. The highest BCUT2D eigenvalue weighted by Crippen LogP contribution is 2.38. The monoisotopic (exact) mass is 633 g/mol. The molecule has 0 saturated carbocycles. The lowest BCUT2D eigenvalue weighted by Crippen LogP contribution is -2.13. The molecule has 1 amide bonds. The van der Waals surface area contributed by atoms with Gasteiger partial charge in [0, 0.05) is 20.5 Å². The molecule has 35 heavy (non-hydrogen) atoms. The van der Waals surface area contributed by atoms with E-state index in [9.17, 15) is 15.3 Å². The van der Waals surface area contributed by atoms with Crippen LogP contribution in [0.2, 0.25) is 10.0 Å². The van der Waals surface area contributed by atoms with Crippen LogP contribution in [0.25, 0.3) is 6.08 Å². The van der Waals surface area contributed by atoms with E-state index in [1.807, 2.05) is 18.2 Å². The van der Waals surface area contributed by atoms with Gasteiger partial charge < -0.3 is 10.1 Å². The number of rotatable bonds is 6. The van der Waals surface area contributed by atoms with E-state index in [1.54, 1.807) is 24.3 Å². The molecule has 0 saturated heterocycles. The van der Waals surface area contributed by atoms with E-state index < -0.39 is 5.91 Å². The summed E-state index contributed by atoms with van der Waals surface area (Å²) < 4.78 is 6.71. The first-order valence-corrected chi connectivity index (χ1v) is 13.4. The minimum atomic E-state index is -0.532. The quantitative estimate of drug-likeness (QED) is 0.173. The SMILES string of the molecule is N#C/C(=C\c1ccc(OCc2ccc(Cl)cc2Cl)c(I)c1)C(=O)Nc1sc2c(c1C#N)CCCC2. The van der Waals surface area contributed by atoms with Crippen LogP contribution < -0.4 is 10.1 Å². The first-order valence-electron chi connectivity index (χ1n) is 10.7. The van der Waals surface area contributed by atoms with Gasteiger partial charge in [-0.15, -0.1) is 11.3 Å². The molecule has 1 aliphatic rings. The van der Waals surface area contributed by atoms with Gasteiger partial charge in [-0.1, -0.05) is 35.3 Å². The smallest absolute Gasteiger partial charge is 0.266 e. The Bertz CT molecular complexity index is 1420. The minimum Gasteiger partial charge on any atom is -0.488 e. The van der Waals surface area contributed by atoms with Crippen LogP contribution in [0.5, 0.6) is 5.75 Å². The standard InChI is InChI=1S/C26H18Cl2IN3O2S/c27-18-7-6-16(21(28)11-18)14-34-23-8-5-15(10-22(23)29)9-17(12-30)25(33)32-26-20(13-31)19-3-1-2-4-24(19)35-26/h5-11H,1-4,14H2,(H,32,33)/b17-9+. The molecule has 1 heterocycles. The third-order valence-electron chi connectivity index (χ3n) is 5.54. The molecule has 1 aromatic heterocycles. The summed E-state index contributed by atoms with van der Waals surface area (Å²) in [5.41, 5.74) is 3.01. The van der Waals surface area contributed by atoms with Crippen LogP contribution in [0.1, 0.15) is 40.0 Å². The number of anilines is 1. The Hall–Kier alpha value is -2.56. The second-order valence-electron chi connectivity index (χ2n) is 7.87. The van der Waals surface area contributed by atoms with Gasteiger partial charge in [-0.25, -0.2) is 0 Å². The minimum absolute atomic E-state index is 0.0438. The Morgan fingerprint density at radius 3 is 2.69 bits per heavy atom. The van der Waals surface area contributed by atoms with Crippen molar-refractivity contribution in [3.8, 4) is 17.9 Å². The Morgan fingerprint density at radius 2 is 1.97 bits per heavy atom. The van der Waals surface area contributed by atoms with Crippen molar-refractivity contribution >= 4 is 74.1 Å². The van der Waals surface area contributed by atoms with Gasteiger partial charge in [0.15, 0.2) is 0 Å². The van der Waals surface area contributed by atoms with Crippen molar-refractivity contribution in [2.24, 2.45) is 0 Å². The normalized spacial score (nSPS) is 12.9. The van der Waals surface area contributed by atoms with Crippen LogP contribution in [0.3, 0.4) is 0 Å². The van der Waals surface area contributed by atoms with Crippen LogP contribution in [0, 0.1) is 26.2 Å². The first kappa shape index (κ1) is 25.5. The van der Waals surface area contributed by atoms with Crippen molar-refractivity contribution in [1.82, 2.24) is 0 Å². The molecular weight excluding hydrogens is 616 g/mol. The molecule has 1 aliphatic carbocycles. The molecule has 4 rings (SSSR count). The number of hydrogen-bond donors (Lipinski definition) is 1. The highest BCUT2D eigenvalue weighted by Gasteiger charge is 2.22. The number of halogens is 3. The molecule has 2 aromatic carbocycles. The molecule has 176 valence electrons. The van der Waals surface area contributed by atoms with Crippen molar-refractivity contribution in [2.45, 2.75) is 32.3 Å². The Balaban J connectivity index is 1.48. The van der Waals surface area contributed by atoms with E-state index in [0.717, 1.165) is 45.3 Å². The van der Waals surface area contributed by atoms with Crippen LogP contribution >= 0.6 is 57.1 Å². The van der Waals surface area contributed by atoms with Gasteiger partial charge in [0.05, 0.1) is 9.13 Å². The fraction of sp³-hybridized carbons (Fsp3) is 0.192. The number of hydrogen-bond acceptors (Lipinski definition) is 5. The number of nitriles is 2. The number of benzene rings is 2. The number of aryl methyl sites for hydroxylation is 1. The molecule has 0 bridgehead atoms. The number of carbonyl (C=O) groups excluding carboxylic acids is 1. The molecule has 0 fully saturated rings. The molecule has 1 N–H and O–H groups in total. The summed E-state index contributed by atoms with van der Waals surface area (Å²) >= 11 is 15.7. The molecule has 0 spiro atoms. The van der Waals surface area contributed by atoms with Crippen molar-refractivity contribution in [1.29, 1.82) is 10.5 Å². The third kappa shape index (κ3) is 5.99. The van der Waals surface area contributed by atoms with Gasteiger partial charge >= 0.3 is 0 Å².